The summed E-state index contributed by atoms with van der Waals surface area (Å²) < 4.78 is 5.96. The molecule has 2 atom stereocenters. The Morgan fingerprint density at radius 2 is 1.92 bits per heavy atom. The van der Waals surface area contributed by atoms with E-state index >= 15 is 0 Å². The molecule has 10 heteroatoms. The molecule has 1 aromatic heterocycles. The van der Waals surface area contributed by atoms with Crippen molar-refractivity contribution in [2.75, 3.05) is 18.0 Å². The second kappa shape index (κ2) is 9.91. The SMILES string of the molecule is Cc1cc(Oc2ccccc2)ccc1N1C(=O)NC2c3c1ccnc3SC2C(=O)NC1CCN(C#N)CC1. The third-order valence-electron chi connectivity index (χ3n) is 7.14. The van der Waals surface area contributed by atoms with E-state index in [1.54, 1.807) is 16.0 Å². The third kappa shape index (κ3) is 4.39. The van der Waals surface area contributed by atoms with E-state index in [2.05, 4.69) is 21.8 Å². The number of nitrogens with one attached hydrogen (secondary N) is 2. The number of aromatic nitrogens is 1. The Kier molecular flexibility index (Phi) is 6.29. The summed E-state index contributed by atoms with van der Waals surface area (Å²) in [6.45, 7) is 3.21. The van der Waals surface area contributed by atoms with E-state index in [0.717, 1.165) is 46.1 Å². The number of nitriles is 1. The van der Waals surface area contributed by atoms with E-state index < -0.39 is 11.3 Å². The van der Waals surface area contributed by atoms with Crippen LogP contribution in [0.15, 0.2) is 65.8 Å². The minimum absolute atomic E-state index is 0.0129. The monoisotopic (exact) mass is 526 g/mol. The fourth-order valence-electron chi connectivity index (χ4n) is 5.24. The van der Waals surface area contributed by atoms with Gasteiger partial charge >= 0.3 is 6.03 Å². The molecular weight excluding hydrogens is 500 g/mol. The number of carbonyl (C=O) groups is 2. The minimum Gasteiger partial charge on any atom is -0.457 e. The summed E-state index contributed by atoms with van der Waals surface area (Å²) in [5.41, 5.74) is 3.20. The molecule has 2 aromatic carbocycles. The standard InChI is InChI=1S/C28H26N6O3S/c1-17-15-20(37-19-5-3-2-4-6-19)7-8-21(17)34-22-9-12-30-27-23(22)24(32-28(34)36)25(38-27)26(35)31-18-10-13-33(16-29)14-11-18/h2-9,12,15,18,24-25H,10-11,13-14H2,1H3,(H,31,35)(H,32,36). The van der Waals surface area contributed by atoms with Gasteiger partial charge in [0.05, 0.1) is 17.4 Å². The van der Waals surface area contributed by atoms with E-state index in [1.165, 1.54) is 11.8 Å². The van der Waals surface area contributed by atoms with E-state index in [0.29, 0.717) is 18.8 Å². The van der Waals surface area contributed by atoms with Gasteiger partial charge in [-0.1, -0.05) is 30.0 Å². The Balaban J connectivity index is 1.24. The maximum absolute atomic E-state index is 13.5. The largest absolute Gasteiger partial charge is 0.457 e. The van der Waals surface area contributed by atoms with Gasteiger partial charge in [0.25, 0.3) is 0 Å². The minimum atomic E-state index is -0.513. The number of hydrogen-bond donors (Lipinski definition) is 2. The molecule has 2 N–H and O–H groups in total. The Hall–Kier alpha value is -4.23. The summed E-state index contributed by atoms with van der Waals surface area (Å²) in [6.07, 6.45) is 5.30. The number of carbonyl (C=O) groups excluding carboxylic acids is 2. The van der Waals surface area contributed by atoms with Crippen molar-refractivity contribution in [3.8, 4) is 17.7 Å². The fraction of sp³-hybridized carbons (Fsp3) is 0.286. The van der Waals surface area contributed by atoms with Gasteiger partial charge in [-0.2, -0.15) is 5.26 Å². The number of likely N-dealkylation sites (tertiary alicyclic amines) is 1. The van der Waals surface area contributed by atoms with Crippen LogP contribution in [-0.4, -0.2) is 46.2 Å². The van der Waals surface area contributed by atoms with Crippen molar-refractivity contribution >= 4 is 35.1 Å². The van der Waals surface area contributed by atoms with Crippen molar-refractivity contribution in [2.45, 2.75) is 42.1 Å². The Morgan fingerprint density at radius 3 is 2.66 bits per heavy atom. The number of anilines is 2. The van der Waals surface area contributed by atoms with E-state index in [1.807, 2.05) is 61.5 Å². The van der Waals surface area contributed by atoms with Gasteiger partial charge in [0.1, 0.15) is 21.8 Å². The maximum atomic E-state index is 13.5. The summed E-state index contributed by atoms with van der Waals surface area (Å²) >= 11 is 1.38. The average molecular weight is 527 g/mol. The molecule has 6 rings (SSSR count). The molecular formula is C28H26N6O3S. The molecule has 0 aliphatic carbocycles. The highest BCUT2D eigenvalue weighted by Gasteiger charge is 2.47. The predicted octanol–water partition coefficient (Wildman–Crippen LogP) is 4.62. The summed E-state index contributed by atoms with van der Waals surface area (Å²) in [7, 11) is 0. The smallest absolute Gasteiger partial charge is 0.327 e. The zero-order chi connectivity index (χ0) is 26.2. The lowest BCUT2D eigenvalue weighted by Crippen LogP contribution is -2.51. The van der Waals surface area contributed by atoms with Crippen LogP contribution >= 0.6 is 11.8 Å². The zero-order valence-electron chi connectivity index (χ0n) is 20.8. The van der Waals surface area contributed by atoms with E-state index in [9.17, 15) is 9.59 Å². The first-order valence-electron chi connectivity index (χ1n) is 12.6. The van der Waals surface area contributed by atoms with Crippen molar-refractivity contribution in [2.24, 2.45) is 0 Å². The number of urea groups is 1. The topological polar surface area (TPSA) is 111 Å². The lowest BCUT2D eigenvalue weighted by atomic mass is 9.98. The van der Waals surface area contributed by atoms with Crippen molar-refractivity contribution in [3.05, 3.63) is 71.9 Å². The second-order valence-corrected chi connectivity index (χ2v) is 10.7. The van der Waals surface area contributed by atoms with Crippen LogP contribution in [0.4, 0.5) is 16.2 Å². The molecule has 192 valence electrons. The Morgan fingerprint density at radius 1 is 1.13 bits per heavy atom. The van der Waals surface area contributed by atoms with Crippen LogP contribution < -0.4 is 20.3 Å². The number of ether oxygens (including phenoxy) is 1. The Bertz CT molecular complexity index is 1430. The van der Waals surface area contributed by atoms with Crippen LogP contribution in [0.1, 0.15) is 30.0 Å². The number of pyridine rings is 1. The highest BCUT2D eigenvalue weighted by molar-refractivity contribution is 8.01. The molecule has 3 aliphatic heterocycles. The van der Waals surface area contributed by atoms with Gasteiger partial charge in [-0.3, -0.25) is 9.69 Å². The highest BCUT2D eigenvalue weighted by atomic mass is 32.2. The van der Waals surface area contributed by atoms with Gasteiger partial charge in [-0.05, 0) is 61.7 Å². The number of piperidine rings is 1. The molecule has 3 aliphatic rings. The van der Waals surface area contributed by atoms with Crippen molar-refractivity contribution in [3.63, 3.8) is 0 Å². The molecule has 2 unspecified atom stereocenters. The molecule has 0 radical (unpaired) electrons. The highest BCUT2D eigenvalue weighted by Crippen LogP contribution is 2.51. The van der Waals surface area contributed by atoms with E-state index in [-0.39, 0.29) is 18.0 Å². The second-order valence-electron chi connectivity index (χ2n) is 9.58. The quantitative estimate of drug-likeness (QED) is 0.467. The molecule has 0 spiro atoms. The molecule has 38 heavy (non-hydrogen) atoms. The number of aryl methyl sites for hydroxylation is 1. The van der Waals surface area contributed by atoms with Crippen molar-refractivity contribution < 1.29 is 14.3 Å². The summed E-state index contributed by atoms with van der Waals surface area (Å²) in [5, 5.41) is 15.5. The van der Waals surface area contributed by atoms with Gasteiger partial charge in [0.15, 0.2) is 6.19 Å². The predicted molar refractivity (Wildman–Crippen MR) is 143 cm³/mol. The zero-order valence-corrected chi connectivity index (χ0v) is 21.6. The lowest BCUT2D eigenvalue weighted by Gasteiger charge is -2.35. The van der Waals surface area contributed by atoms with Crippen LogP contribution in [0.25, 0.3) is 0 Å². The number of nitrogens with zero attached hydrogens (tertiary/aromatic N) is 4. The molecule has 3 amide bonds. The molecule has 4 heterocycles. The summed E-state index contributed by atoms with van der Waals surface area (Å²) in [5.74, 6) is 1.30. The van der Waals surface area contributed by atoms with Gasteiger partial charge in [0.2, 0.25) is 5.91 Å². The number of hydrogen-bond acceptors (Lipinski definition) is 7. The molecule has 1 fully saturated rings. The van der Waals surface area contributed by atoms with Crippen LogP contribution in [0.2, 0.25) is 0 Å². The number of thioether (sulfide) groups is 1. The van der Waals surface area contributed by atoms with Gasteiger partial charge < -0.3 is 20.3 Å². The number of amides is 3. The molecule has 0 bridgehead atoms. The van der Waals surface area contributed by atoms with Crippen LogP contribution in [-0.2, 0) is 4.79 Å². The molecule has 9 nitrogen and oxygen atoms in total. The molecule has 3 aromatic rings. The number of rotatable bonds is 5. The van der Waals surface area contributed by atoms with Crippen molar-refractivity contribution in [1.29, 1.82) is 5.26 Å². The first-order valence-corrected chi connectivity index (χ1v) is 13.4. The first kappa shape index (κ1) is 24.1. The van der Waals surface area contributed by atoms with Crippen LogP contribution in [0.5, 0.6) is 11.5 Å². The van der Waals surface area contributed by atoms with Gasteiger partial charge in [0, 0.05) is 30.9 Å². The average Bonchev–Trinajstić information content (AvgIpc) is 3.30. The van der Waals surface area contributed by atoms with Crippen LogP contribution in [0, 0.1) is 18.4 Å². The molecule has 1 saturated heterocycles. The normalized spacial score (nSPS) is 20.4. The lowest BCUT2D eigenvalue weighted by molar-refractivity contribution is -0.121. The molecule has 0 saturated carbocycles. The van der Waals surface area contributed by atoms with Crippen LogP contribution in [0.3, 0.4) is 0 Å². The van der Waals surface area contributed by atoms with Gasteiger partial charge in [-0.15, -0.1) is 0 Å². The first-order chi connectivity index (χ1) is 18.5. The fourth-order valence-corrected chi connectivity index (χ4v) is 6.47. The summed E-state index contributed by atoms with van der Waals surface area (Å²) in [6, 6.07) is 16.3. The maximum Gasteiger partial charge on any atom is 0.327 e. The number of benzene rings is 2. The number of para-hydroxylation sites is 1. The van der Waals surface area contributed by atoms with Crippen molar-refractivity contribution in [1.82, 2.24) is 20.5 Å². The third-order valence-corrected chi connectivity index (χ3v) is 8.42. The summed E-state index contributed by atoms with van der Waals surface area (Å²) in [4.78, 5) is 34.7. The van der Waals surface area contributed by atoms with Gasteiger partial charge in [-0.25, -0.2) is 9.78 Å². The van der Waals surface area contributed by atoms with E-state index in [4.69, 9.17) is 10.00 Å². The Labute approximate surface area is 224 Å².